The van der Waals surface area contributed by atoms with Crippen molar-refractivity contribution in [1.29, 1.82) is 0 Å². The van der Waals surface area contributed by atoms with Crippen LogP contribution in [0.3, 0.4) is 0 Å². The summed E-state index contributed by atoms with van der Waals surface area (Å²) in [4.78, 5) is 14.6. The van der Waals surface area contributed by atoms with Crippen molar-refractivity contribution < 1.29 is 36.5 Å². The topological polar surface area (TPSA) is 51.0 Å². The molecule has 0 aromatic heterocycles. The van der Waals surface area contributed by atoms with Gasteiger partial charge in [-0.3, -0.25) is 0 Å². The first-order valence-electron chi connectivity index (χ1n) is 9.06. The molecule has 0 amide bonds. The molecule has 0 unspecified atom stereocenters. The van der Waals surface area contributed by atoms with E-state index in [4.69, 9.17) is 4.74 Å². The second-order valence-electron chi connectivity index (χ2n) is 7.18. The smallest absolute Gasteiger partial charge is 0.348 e. The van der Waals surface area contributed by atoms with Crippen LogP contribution < -0.4 is 21.9 Å². The van der Waals surface area contributed by atoms with Gasteiger partial charge in [-0.2, -0.15) is 0 Å². The summed E-state index contributed by atoms with van der Waals surface area (Å²) in [5.41, 5.74) is -0.691. The third kappa shape index (κ3) is 3.43. The molecule has 3 fully saturated rings. The minimum atomic E-state index is -1.77. The Morgan fingerprint density at radius 2 is 1.46 bits per heavy atom. The highest BCUT2D eigenvalue weighted by Crippen LogP contribution is 2.33. The molecule has 2 bridgehead atoms. The molecule has 26 heavy (non-hydrogen) atoms. The predicted molar refractivity (Wildman–Crippen MR) is 94.1 cm³/mol. The van der Waals surface area contributed by atoms with Crippen LogP contribution in [0.5, 0.6) is 0 Å². The molecule has 0 aliphatic carbocycles. The van der Waals surface area contributed by atoms with E-state index in [2.05, 4.69) is 0 Å². The molecule has 2 N–H and O–H groups in total. The molecular weight excluding hydrogens is 394 g/mol. The van der Waals surface area contributed by atoms with Crippen molar-refractivity contribution in [1.82, 2.24) is 0 Å². The van der Waals surface area contributed by atoms with Gasteiger partial charge in [0, 0.05) is 18.8 Å². The van der Waals surface area contributed by atoms with E-state index in [0.29, 0.717) is 17.0 Å². The molecule has 1 atom stereocenters. The average Bonchev–Trinajstić information content (AvgIpc) is 2.69. The number of aliphatic hydroxyl groups is 1. The molecule has 0 saturated carbocycles. The lowest BCUT2D eigenvalue weighted by atomic mass is 9.84. The highest BCUT2D eigenvalue weighted by molar-refractivity contribution is 5.85. The lowest BCUT2D eigenvalue weighted by Gasteiger charge is -2.42. The highest BCUT2D eigenvalue weighted by Gasteiger charge is 2.46. The molecule has 3 aliphatic rings. The van der Waals surface area contributed by atoms with Crippen LogP contribution in [0.2, 0.25) is 0 Å². The standard InChI is InChI=1S/C21H23NO3.BrH/c23-20(25-19-15-22-13-11-16(19)12-14-22)21(24,17-7-3-1-4-8-17)18-9-5-2-6-10-18;/h1-10,16,19,24H,11-15H2;1H/t19-;/m0./s1. The first kappa shape index (κ1) is 19.1. The van der Waals surface area contributed by atoms with Crippen LogP contribution in [0, 0.1) is 5.92 Å². The number of hydrogen-bond acceptors (Lipinski definition) is 3. The maximum Gasteiger partial charge on any atom is 0.348 e. The van der Waals surface area contributed by atoms with E-state index < -0.39 is 11.6 Å². The fourth-order valence-electron chi connectivity index (χ4n) is 4.20. The minimum Gasteiger partial charge on any atom is -1.00 e. The van der Waals surface area contributed by atoms with Crippen LogP contribution in [0.4, 0.5) is 0 Å². The van der Waals surface area contributed by atoms with E-state index in [9.17, 15) is 9.90 Å². The molecule has 5 heteroatoms. The molecule has 0 radical (unpaired) electrons. The number of carbonyl (C=O) groups excluding carboxylic acids is 1. The van der Waals surface area contributed by atoms with Crippen molar-refractivity contribution in [3.63, 3.8) is 0 Å². The largest absolute Gasteiger partial charge is 1.00 e. The van der Waals surface area contributed by atoms with Gasteiger partial charge in [0.15, 0.2) is 6.10 Å². The molecule has 4 nitrogen and oxygen atoms in total. The minimum absolute atomic E-state index is 0. The van der Waals surface area contributed by atoms with Gasteiger partial charge in [-0.25, -0.2) is 4.79 Å². The predicted octanol–water partition coefficient (Wildman–Crippen LogP) is -1.85. The summed E-state index contributed by atoms with van der Waals surface area (Å²) in [5, 5.41) is 11.4. The third-order valence-corrected chi connectivity index (χ3v) is 5.69. The van der Waals surface area contributed by atoms with Crippen molar-refractivity contribution in [3.05, 3.63) is 71.8 Å². The zero-order chi connectivity index (χ0) is 17.3. The van der Waals surface area contributed by atoms with Gasteiger partial charge in [-0.1, -0.05) is 60.7 Å². The molecule has 3 aliphatic heterocycles. The second-order valence-corrected chi connectivity index (χ2v) is 7.18. The van der Waals surface area contributed by atoms with Crippen molar-refractivity contribution in [2.24, 2.45) is 5.92 Å². The first-order valence-corrected chi connectivity index (χ1v) is 9.06. The molecule has 5 rings (SSSR count). The van der Waals surface area contributed by atoms with Gasteiger partial charge in [0.2, 0.25) is 5.60 Å². The van der Waals surface area contributed by atoms with Gasteiger partial charge in [-0.05, 0) is 11.1 Å². The Bertz CT molecular complexity index is 690. The number of quaternary nitrogens is 1. The van der Waals surface area contributed by atoms with E-state index in [-0.39, 0.29) is 23.1 Å². The molecule has 3 heterocycles. The fourth-order valence-corrected chi connectivity index (χ4v) is 4.20. The normalized spacial score (nSPS) is 24.6. The molecule has 0 spiro atoms. The van der Waals surface area contributed by atoms with Crippen LogP contribution >= 0.6 is 0 Å². The number of fused-ring (bicyclic) bond motifs is 3. The van der Waals surface area contributed by atoms with Gasteiger partial charge in [0.25, 0.3) is 0 Å². The van der Waals surface area contributed by atoms with E-state index in [1.807, 2.05) is 36.4 Å². The Labute approximate surface area is 164 Å². The van der Waals surface area contributed by atoms with E-state index >= 15 is 0 Å². The van der Waals surface area contributed by atoms with Gasteiger partial charge in [0.05, 0.1) is 13.1 Å². The molecule has 2 aromatic carbocycles. The zero-order valence-corrected chi connectivity index (χ0v) is 16.2. The third-order valence-electron chi connectivity index (χ3n) is 5.69. The highest BCUT2D eigenvalue weighted by atomic mass is 79.9. The quantitative estimate of drug-likeness (QED) is 0.574. The summed E-state index contributed by atoms with van der Waals surface area (Å²) in [5.74, 6) is -0.139. The van der Waals surface area contributed by atoms with Crippen LogP contribution in [0.1, 0.15) is 24.0 Å². The number of hydrogen-bond donors (Lipinski definition) is 2. The number of piperidine rings is 3. The van der Waals surface area contributed by atoms with Gasteiger partial charge in [-0.15, -0.1) is 0 Å². The Kier molecular flexibility index (Phi) is 5.80. The van der Waals surface area contributed by atoms with Crippen LogP contribution in [-0.4, -0.2) is 36.8 Å². The average molecular weight is 418 g/mol. The number of esters is 1. The van der Waals surface area contributed by atoms with Gasteiger partial charge in [0.1, 0.15) is 6.54 Å². The SMILES string of the molecule is O=C(O[C@H]1C[NH+]2CCC1CC2)C(O)(c1ccccc1)c1ccccc1.[Br-]. The Morgan fingerprint density at radius 3 is 1.88 bits per heavy atom. The molecular formula is C21H24BrNO3. The van der Waals surface area contributed by atoms with E-state index in [1.165, 1.54) is 18.0 Å². The van der Waals surface area contributed by atoms with Crippen LogP contribution in [0.15, 0.2) is 60.7 Å². The Balaban J connectivity index is 0.00000196. The number of halogens is 1. The summed E-state index contributed by atoms with van der Waals surface area (Å²) in [6.07, 6.45) is 2.11. The fraction of sp³-hybridized carbons (Fsp3) is 0.381. The number of rotatable bonds is 4. The van der Waals surface area contributed by atoms with Crippen LogP contribution in [-0.2, 0) is 15.1 Å². The second kappa shape index (κ2) is 7.91. The molecule has 2 aromatic rings. The summed E-state index contributed by atoms with van der Waals surface area (Å²) in [7, 11) is 0. The number of ether oxygens (including phenoxy) is 1. The Morgan fingerprint density at radius 1 is 0.962 bits per heavy atom. The maximum atomic E-state index is 13.1. The van der Waals surface area contributed by atoms with Crippen molar-refractivity contribution in [3.8, 4) is 0 Å². The lowest BCUT2D eigenvalue weighted by molar-refractivity contribution is -0.920. The van der Waals surface area contributed by atoms with Gasteiger partial charge < -0.3 is 31.7 Å². The summed E-state index contributed by atoms with van der Waals surface area (Å²) >= 11 is 0. The molecule has 3 saturated heterocycles. The van der Waals surface area contributed by atoms with Gasteiger partial charge >= 0.3 is 5.97 Å². The zero-order valence-electron chi connectivity index (χ0n) is 14.6. The summed E-state index contributed by atoms with van der Waals surface area (Å²) in [6, 6.07) is 18.2. The lowest BCUT2D eigenvalue weighted by Crippen LogP contribution is -3.16. The number of carbonyl (C=O) groups is 1. The Hall–Kier alpha value is -1.69. The number of nitrogens with one attached hydrogen (secondary N) is 1. The maximum absolute atomic E-state index is 13.1. The first-order chi connectivity index (χ1) is 12.2. The summed E-state index contributed by atoms with van der Waals surface area (Å²) in [6.45, 7) is 3.19. The summed E-state index contributed by atoms with van der Waals surface area (Å²) < 4.78 is 5.89. The van der Waals surface area contributed by atoms with Crippen molar-refractivity contribution in [2.45, 2.75) is 24.5 Å². The van der Waals surface area contributed by atoms with Crippen LogP contribution in [0.25, 0.3) is 0 Å². The monoisotopic (exact) mass is 417 g/mol. The van der Waals surface area contributed by atoms with E-state index in [1.54, 1.807) is 24.3 Å². The molecule has 138 valence electrons. The van der Waals surface area contributed by atoms with Crippen molar-refractivity contribution in [2.75, 3.05) is 19.6 Å². The van der Waals surface area contributed by atoms with Crippen molar-refractivity contribution >= 4 is 5.97 Å². The van der Waals surface area contributed by atoms with E-state index in [0.717, 1.165) is 19.4 Å². The number of benzene rings is 2.